The first kappa shape index (κ1) is 20.6. The van der Waals surface area contributed by atoms with Crippen LogP contribution in [0.1, 0.15) is 22.9 Å². The van der Waals surface area contributed by atoms with Crippen molar-refractivity contribution in [3.63, 3.8) is 0 Å². The Kier molecular flexibility index (Phi) is 5.48. The molecule has 0 aliphatic carbocycles. The number of amides is 1. The highest BCUT2D eigenvalue weighted by atomic mass is 35.5. The number of carbonyl (C=O) groups excluding carboxylic acids is 2. The number of aliphatic hydroxyl groups is 1. The molecule has 0 saturated carbocycles. The third-order valence-corrected chi connectivity index (χ3v) is 5.40. The maximum absolute atomic E-state index is 13.1. The molecule has 156 valence electrons. The van der Waals surface area contributed by atoms with Gasteiger partial charge in [-0.25, -0.2) is 0 Å². The molecule has 1 N–H and O–H groups in total. The Morgan fingerprint density at radius 1 is 1.10 bits per heavy atom. The van der Waals surface area contributed by atoms with Crippen molar-refractivity contribution in [2.75, 3.05) is 12.0 Å². The molecule has 31 heavy (non-hydrogen) atoms. The van der Waals surface area contributed by atoms with Gasteiger partial charge in [0.15, 0.2) is 0 Å². The Hall–Kier alpha value is -3.64. The summed E-state index contributed by atoms with van der Waals surface area (Å²) in [4.78, 5) is 31.8. The van der Waals surface area contributed by atoms with E-state index in [9.17, 15) is 14.7 Å². The molecule has 1 aromatic heterocycles. The lowest BCUT2D eigenvalue weighted by Gasteiger charge is -2.24. The Morgan fingerprint density at radius 2 is 1.90 bits per heavy atom. The van der Waals surface area contributed by atoms with Crippen LogP contribution in [0.25, 0.3) is 5.76 Å². The van der Waals surface area contributed by atoms with E-state index in [1.54, 1.807) is 74.0 Å². The number of Topliss-reactive ketones (excluding diaryl/α,β-unsaturated/α-hetero) is 1. The van der Waals surface area contributed by atoms with Crippen LogP contribution in [0.3, 0.4) is 0 Å². The van der Waals surface area contributed by atoms with Crippen molar-refractivity contribution in [2.24, 2.45) is 0 Å². The van der Waals surface area contributed by atoms with E-state index >= 15 is 0 Å². The zero-order valence-electron chi connectivity index (χ0n) is 16.9. The van der Waals surface area contributed by atoms with Crippen LogP contribution in [0.5, 0.6) is 5.75 Å². The van der Waals surface area contributed by atoms with Gasteiger partial charge in [0.1, 0.15) is 17.6 Å². The van der Waals surface area contributed by atoms with Gasteiger partial charge in [-0.1, -0.05) is 23.7 Å². The summed E-state index contributed by atoms with van der Waals surface area (Å²) in [6.07, 6.45) is 1.57. The zero-order valence-corrected chi connectivity index (χ0v) is 17.6. The minimum Gasteiger partial charge on any atom is -0.507 e. The number of ether oxygens (including phenoxy) is 1. The molecule has 2 heterocycles. The Morgan fingerprint density at radius 3 is 2.55 bits per heavy atom. The summed E-state index contributed by atoms with van der Waals surface area (Å²) >= 11 is 6.13. The van der Waals surface area contributed by atoms with E-state index in [-0.39, 0.29) is 11.3 Å². The van der Waals surface area contributed by atoms with E-state index in [0.29, 0.717) is 27.7 Å². The SMILES string of the molecule is COc1ccc(/C(O)=C2\C(=O)C(=O)N(c3cccc(Cl)c3)C2c2ccccn2)cc1C. The van der Waals surface area contributed by atoms with Gasteiger partial charge in [0, 0.05) is 22.5 Å². The molecule has 1 unspecified atom stereocenters. The van der Waals surface area contributed by atoms with E-state index in [4.69, 9.17) is 16.3 Å². The zero-order chi connectivity index (χ0) is 22.1. The summed E-state index contributed by atoms with van der Waals surface area (Å²) < 4.78 is 5.27. The van der Waals surface area contributed by atoms with Crippen LogP contribution in [-0.2, 0) is 9.59 Å². The minimum atomic E-state index is -0.901. The summed E-state index contributed by atoms with van der Waals surface area (Å²) in [7, 11) is 1.56. The van der Waals surface area contributed by atoms with Gasteiger partial charge in [0.05, 0.1) is 18.4 Å². The highest BCUT2D eigenvalue weighted by molar-refractivity contribution is 6.51. The molecule has 1 saturated heterocycles. The second-order valence-electron chi connectivity index (χ2n) is 7.09. The third kappa shape index (κ3) is 3.66. The number of pyridine rings is 1. The summed E-state index contributed by atoms with van der Waals surface area (Å²) in [5.74, 6) is -1.17. The van der Waals surface area contributed by atoms with Crippen molar-refractivity contribution in [3.8, 4) is 5.75 Å². The van der Waals surface area contributed by atoms with Crippen molar-refractivity contribution in [1.82, 2.24) is 4.98 Å². The summed E-state index contributed by atoms with van der Waals surface area (Å²) in [5, 5.41) is 11.6. The first-order valence-corrected chi connectivity index (χ1v) is 9.92. The lowest BCUT2D eigenvalue weighted by molar-refractivity contribution is -0.132. The smallest absolute Gasteiger partial charge is 0.300 e. The second kappa shape index (κ2) is 8.24. The van der Waals surface area contributed by atoms with Crippen molar-refractivity contribution in [2.45, 2.75) is 13.0 Å². The molecule has 1 amide bonds. The largest absolute Gasteiger partial charge is 0.507 e. The van der Waals surface area contributed by atoms with E-state index in [1.807, 2.05) is 6.92 Å². The molecule has 0 radical (unpaired) electrons. The number of ketones is 1. The standard InChI is InChI=1S/C24H19ClN2O4/c1-14-12-15(9-10-19(14)31-2)22(28)20-21(18-8-3-4-11-26-18)27(24(30)23(20)29)17-7-5-6-16(25)13-17/h3-13,21,28H,1-2H3/b22-20+. The van der Waals surface area contributed by atoms with Crippen LogP contribution < -0.4 is 9.64 Å². The molecule has 4 rings (SSSR count). The average molecular weight is 435 g/mol. The molecular weight excluding hydrogens is 416 g/mol. The van der Waals surface area contributed by atoms with E-state index in [0.717, 1.165) is 5.56 Å². The monoisotopic (exact) mass is 434 g/mol. The Labute approximate surface area is 184 Å². The summed E-state index contributed by atoms with van der Waals surface area (Å²) in [6, 6.07) is 16.0. The topological polar surface area (TPSA) is 79.7 Å². The quantitative estimate of drug-likeness (QED) is 0.366. The van der Waals surface area contributed by atoms with Gasteiger partial charge in [-0.05, 0) is 61.0 Å². The van der Waals surface area contributed by atoms with Gasteiger partial charge in [-0.15, -0.1) is 0 Å². The maximum Gasteiger partial charge on any atom is 0.300 e. The number of carbonyl (C=O) groups is 2. The number of hydrogen-bond acceptors (Lipinski definition) is 5. The van der Waals surface area contributed by atoms with Gasteiger partial charge in [-0.3, -0.25) is 19.5 Å². The Balaban J connectivity index is 1.93. The van der Waals surface area contributed by atoms with Crippen LogP contribution >= 0.6 is 11.6 Å². The van der Waals surface area contributed by atoms with Crippen LogP contribution in [0.2, 0.25) is 5.02 Å². The maximum atomic E-state index is 13.1. The number of aliphatic hydroxyl groups excluding tert-OH is 1. The summed E-state index contributed by atoms with van der Waals surface area (Å²) in [5.41, 5.74) is 2.05. The van der Waals surface area contributed by atoms with E-state index < -0.39 is 17.7 Å². The molecule has 1 aliphatic heterocycles. The molecule has 1 fully saturated rings. The van der Waals surface area contributed by atoms with Crippen LogP contribution in [0.4, 0.5) is 5.69 Å². The van der Waals surface area contributed by atoms with Gasteiger partial charge in [-0.2, -0.15) is 0 Å². The fourth-order valence-corrected chi connectivity index (χ4v) is 3.91. The van der Waals surface area contributed by atoms with Crippen LogP contribution in [0.15, 0.2) is 72.4 Å². The highest BCUT2D eigenvalue weighted by Gasteiger charge is 2.47. The first-order chi connectivity index (χ1) is 14.9. The van der Waals surface area contributed by atoms with E-state index in [2.05, 4.69) is 4.98 Å². The first-order valence-electron chi connectivity index (χ1n) is 9.55. The molecule has 3 aromatic rings. The normalized spacial score (nSPS) is 17.8. The number of aryl methyl sites for hydroxylation is 1. The molecule has 1 atom stereocenters. The van der Waals surface area contributed by atoms with Gasteiger partial charge >= 0.3 is 0 Å². The molecule has 6 nitrogen and oxygen atoms in total. The van der Waals surface area contributed by atoms with Gasteiger partial charge < -0.3 is 9.84 Å². The molecule has 7 heteroatoms. The van der Waals surface area contributed by atoms with Crippen molar-refractivity contribution in [3.05, 3.63) is 94.3 Å². The number of nitrogens with zero attached hydrogens (tertiary/aromatic N) is 2. The molecule has 0 spiro atoms. The third-order valence-electron chi connectivity index (χ3n) is 5.17. The molecule has 0 bridgehead atoms. The highest BCUT2D eigenvalue weighted by Crippen LogP contribution is 2.42. The van der Waals surface area contributed by atoms with Crippen molar-refractivity contribution >= 4 is 34.7 Å². The summed E-state index contributed by atoms with van der Waals surface area (Å²) in [6.45, 7) is 1.83. The number of hydrogen-bond donors (Lipinski definition) is 1. The van der Waals surface area contributed by atoms with Gasteiger partial charge in [0.2, 0.25) is 0 Å². The number of benzene rings is 2. The average Bonchev–Trinajstić information content (AvgIpc) is 3.04. The Bertz CT molecular complexity index is 1210. The lowest BCUT2D eigenvalue weighted by Crippen LogP contribution is -2.29. The molecule has 1 aliphatic rings. The molecular formula is C24H19ClN2O4. The lowest BCUT2D eigenvalue weighted by atomic mass is 9.97. The number of anilines is 1. The minimum absolute atomic E-state index is 0.0340. The second-order valence-corrected chi connectivity index (χ2v) is 7.52. The van der Waals surface area contributed by atoms with Crippen LogP contribution in [0, 0.1) is 6.92 Å². The van der Waals surface area contributed by atoms with Crippen molar-refractivity contribution < 1.29 is 19.4 Å². The molecule has 2 aromatic carbocycles. The van der Waals surface area contributed by atoms with E-state index in [1.165, 1.54) is 4.90 Å². The van der Waals surface area contributed by atoms with Crippen LogP contribution in [-0.4, -0.2) is 28.9 Å². The number of aromatic nitrogens is 1. The predicted molar refractivity (Wildman–Crippen MR) is 118 cm³/mol. The number of halogens is 1. The number of methoxy groups -OCH3 is 1. The van der Waals surface area contributed by atoms with Gasteiger partial charge in [0.25, 0.3) is 11.7 Å². The fourth-order valence-electron chi connectivity index (χ4n) is 3.72. The number of rotatable bonds is 4. The fraction of sp³-hybridized carbons (Fsp3) is 0.125. The van der Waals surface area contributed by atoms with Crippen molar-refractivity contribution in [1.29, 1.82) is 0 Å². The predicted octanol–water partition coefficient (Wildman–Crippen LogP) is 4.68.